The molecule has 2 aromatic rings. The smallest absolute Gasteiger partial charge is 0.0471 e. The van der Waals surface area contributed by atoms with Crippen molar-refractivity contribution in [2.24, 2.45) is 4.99 Å². The van der Waals surface area contributed by atoms with Crippen LogP contribution in [0, 0.1) is 0 Å². The van der Waals surface area contributed by atoms with Crippen LogP contribution in [0.2, 0.25) is 0 Å². The van der Waals surface area contributed by atoms with Crippen LogP contribution in [0.15, 0.2) is 71.5 Å². The Morgan fingerprint density at radius 1 is 0.842 bits per heavy atom. The van der Waals surface area contributed by atoms with Crippen molar-refractivity contribution in [1.29, 1.82) is 0 Å². The molecule has 1 heterocycles. The highest BCUT2D eigenvalue weighted by Crippen LogP contribution is 2.20. The summed E-state index contributed by atoms with van der Waals surface area (Å²) in [6, 6.07) is 18.8. The minimum atomic E-state index is 0.968. The lowest BCUT2D eigenvalue weighted by Crippen LogP contribution is -2.01. The molecule has 3 rings (SSSR count). The number of aliphatic imine (C=N–C) groups is 1. The van der Waals surface area contributed by atoms with E-state index in [4.69, 9.17) is 0 Å². The van der Waals surface area contributed by atoms with Gasteiger partial charge < -0.3 is 5.32 Å². The summed E-state index contributed by atoms with van der Waals surface area (Å²) in [5, 5.41) is 3.47. The van der Waals surface area contributed by atoms with Gasteiger partial charge in [0.2, 0.25) is 0 Å². The number of anilines is 1. The summed E-state index contributed by atoms with van der Waals surface area (Å²) < 4.78 is 0. The number of fused-ring (bicyclic) bond motifs is 1. The van der Waals surface area contributed by atoms with Crippen LogP contribution >= 0.6 is 0 Å². The van der Waals surface area contributed by atoms with E-state index in [1.54, 1.807) is 0 Å². The predicted octanol–water partition coefficient (Wildman–Crippen LogP) is 4.01. The molecule has 0 bridgehead atoms. The number of nitrogens with one attached hydrogen (secondary N) is 1. The second-order valence-electron chi connectivity index (χ2n) is 4.63. The van der Waals surface area contributed by atoms with Gasteiger partial charge in [0.25, 0.3) is 0 Å². The quantitative estimate of drug-likeness (QED) is 0.872. The summed E-state index contributed by atoms with van der Waals surface area (Å²) in [7, 11) is 0. The van der Waals surface area contributed by atoms with Crippen LogP contribution in [0.25, 0.3) is 0 Å². The van der Waals surface area contributed by atoms with Gasteiger partial charge in [0.15, 0.2) is 0 Å². The number of benzene rings is 2. The maximum Gasteiger partial charge on any atom is 0.0471 e. The van der Waals surface area contributed by atoms with Gasteiger partial charge in [0.05, 0.1) is 0 Å². The van der Waals surface area contributed by atoms with Crippen LogP contribution in [0.1, 0.15) is 17.5 Å². The molecule has 0 radical (unpaired) electrons. The van der Waals surface area contributed by atoms with Crippen LogP contribution in [0.4, 0.5) is 5.69 Å². The maximum absolute atomic E-state index is 4.36. The van der Waals surface area contributed by atoms with E-state index < -0.39 is 0 Å². The lowest BCUT2D eigenvalue weighted by atomic mass is 10.1. The largest absolute Gasteiger partial charge is 0.357 e. The molecular formula is C17H16N2. The van der Waals surface area contributed by atoms with E-state index in [1.807, 2.05) is 30.6 Å². The van der Waals surface area contributed by atoms with Crippen LogP contribution in [0.3, 0.4) is 0 Å². The Kier molecular flexibility index (Phi) is 3.41. The molecule has 19 heavy (non-hydrogen) atoms. The van der Waals surface area contributed by atoms with Crippen molar-refractivity contribution < 1.29 is 0 Å². The minimum Gasteiger partial charge on any atom is -0.357 e. The molecule has 0 saturated carbocycles. The zero-order chi connectivity index (χ0) is 12.9. The van der Waals surface area contributed by atoms with E-state index in [-0.39, 0.29) is 0 Å². The third kappa shape index (κ3) is 2.91. The summed E-state index contributed by atoms with van der Waals surface area (Å²) in [6.07, 6.45) is 5.81. The Morgan fingerprint density at radius 3 is 2.53 bits per heavy atom. The van der Waals surface area contributed by atoms with Crippen molar-refractivity contribution in [2.45, 2.75) is 12.8 Å². The molecule has 0 atom stereocenters. The molecule has 0 spiro atoms. The monoisotopic (exact) mass is 248 g/mol. The minimum absolute atomic E-state index is 0.968. The van der Waals surface area contributed by atoms with Gasteiger partial charge in [0, 0.05) is 29.4 Å². The molecule has 0 aliphatic carbocycles. The average molecular weight is 248 g/mol. The number of aryl methyl sites for hydroxylation is 1. The van der Waals surface area contributed by atoms with Crippen LogP contribution in [0.5, 0.6) is 0 Å². The van der Waals surface area contributed by atoms with Gasteiger partial charge >= 0.3 is 0 Å². The predicted molar refractivity (Wildman–Crippen MR) is 80.5 cm³/mol. The van der Waals surface area contributed by atoms with Crippen molar-refractivity contribution in [2.75, 3.05) is 5.32 Å². The molecule has 1 aliphatic heterocycles. The number of allylic oxidation sites excluding steroid dienone is 1. The first-order chi connectivity index (χ1) is 9.42. The molecule has 0 aromatic heterocycles. The highest BCUT2D eigenvalue weighted by Gasteiger charge is 2.05. The number of para-hydroxylation sites is 1. The molecule has 0 amide bonds. The molecule has 2 aromatic carbocycles. The number of hydrogen-bond donors (Lipinski definition) is 1. The SMILES string of the molecule is C1=NC=C(CCc2ccccc2)Nc2ccccc21. The highest BCUT2D eigenvalue weighted by molar-refractivity contribution is 5.89. The van der Waals surface area contributed by atoms with Crippen molar-refractivity contribution in [3.05, 3.63) is 77.6 Å². The normalized spacial score (nSPS) is 13.2. The zero-order valence-corrected chi connectivity index (χ0v) is 10.7. The van der Waals surface area contributed by atoms with Gasteiger partial charge in [-0.15, -0.1) is 0 Å². The first kappa shape index (κ1) is 11.7. The molecule has 0 fully saturated rings. The molecule has 94 valence electrons. The van der Waals surface area contributed by atoms with Gasteiger partial charge in [-0.25, -0.2) is 0 Å². The average Bonchev–Trinajstić information content (AvgIpc) is 2.68. The number of rotatable bonds is 3. The van der Waals surface area contributed by atoms with Crippen LogP contribution in [-0.2, 0) is 6.42 Å². The molecule has 0 unspecified atom stereocenters. The molecule has 0 saturated heterocycles. The molecule has 1 aliphatic rings. The van der Waals surface area contributed by atoms with E-state index in [9.17, 15) is 0 Å². The van der Waals surface area contributed by atoms with Gasteiger partial charge in [-0.05, 0) is 24.5 Å². The third-order valence-corrected chi connectivity index (χ3v) is 3.23. The standard InChI is InChI=1S/C17H16N2/c1-2-6-14(7-3-1)10-11-16-13-18-12-15-8-4-5-9-17(15)19-16/h1-9,12-13,19H,10-11H2. The zero-order valence-electron chi connectivity index (χ0n) is 10.7. The van der Waals surface area contributed by atoms with E-state index in [0.717, 1.165) is 29.8 Å². The Labute approximate surface area is 113 Å². The van der Waals surface area contributed by atoms with Gasteiger partial charge in [-0.2, -0.15) is 0 Å². The van der Waals surface area contributed by atoms with E-state index in [0.29, 0.717) is 0 Å². The first-order valence-corrected chi connectivity index (χ1v) is 6.54. The topological polar surface area (TPSA) is 24.4 Å². The summed E-state index contributed by atoms with van der Waals surface area (Å²) >= 11 is 0. The summed E-state index contributed by atoms with van der Waals surface area (Å²) in [5.74, 6) is 0. The summed E-state index contributed by atoms with van der Waals surface area (Å²) in [6.45, 7) is 0. The first-order valence-electron chi connectivity index (χ1n) is 6.54. The molecular weight excluding hydrogens is 232 g/mol. The van der Waals surface area contributed by atoms with Crippen molar-refractivity contribution in [3.63, 3.8) is 0 Å². The Bertz CT molecular complexity index is 612. The summed E-state index contributed by atoms with van der Waals surface area (Å²) in [4.78, 5) is 4.36. The summed E-state index contributed by atoms with van der Waals surface area (Å²) in [5.41, 5.74) is 4.77. The lowest BCUT2D eigenvalue weighted by Gasteiger charge is -2.10. The third-order valence-electron chi connectivity index (χ3n) is 3.23. The number of hydrogen-bond acceptors (Lipinski definition) is 2. The van der Waals surface area contributed by atoms with Gasteiger partial charge in [-0.3, -0.25) is 4.99 Å². The van der Waals surface area contributed by atoms with Crippen molar-refractivity contribution >= 4 is 11.9 Å². The molecule has 1 N–H and O–H groups in total. The maximum atomic E-state index is 4.36. The van der Waals surface area contributed by atoms with Crippen molar-refractivity contribution in [3.8, 4) is 0 Å². The highest BCUT2D eigenvalue weighted by atomic mass is 14.9. The van der Waals surface area contributed by atoms with E-state index in [2.05, 4.69) is 46.7 Å². The second-order valence-corrected chi connectivity index (χ2v) is 4.63. The Hall–Kier alpha value is -2.35. The number of nitrogens with zero attached hydrogens (tertiary/aromatic N) is 1. The fraction of sp³-hybridized carbons (Fsp3) is 0.118. The van der Waals surface area contributed by atoms with Crippen molar-refractivity contribution in [1.82, 2.24) is 0 Å². The van der Waals surface area contributed by atoms with Crippen LogP contribution in [-0.4, -0.2) is 6.21 Å². The Balaban J connectivity index is 1.70. The molecule has 2 nitrogen and oxygen atoms in total. The van der Waals surface area contributed by atoms with Crippen LogP contribution < -0.4 is 5.32 Å². The fourth-order valence-electron chi connectivity index (χ4n) is 2.19. The fourth-order valence-corrected chi connectivity index (χ4v) is 2.19. The lowest BCUT2D eigenvalue weighted by molar-refractivity contribution is 0.942. The second kappa shape index (κ2) is 5.53. The molecule has 2 heteroatoms. The van der Waals surface area contributed by atoms with E-state index >= 15 is 0 Å². The van der Waals surface area contributed by atoms with E-state index in [1.165, 1.54) is 5.56 Å². The van der Waals surface area contributed by atoms with Gasteiger partial charge in [-0.1, -0.05) is 48.5 Å². The Morgan fingerprint density at radius 2 is 1.63 bits per heavy atom. The van der Waals surface area contributed by atoms with Gasteiger partial charge in [0.1, 0.15) is 0 Å².